The number of allylic oxidation sites excluding steroid dienone is 2. The van der Waals surface area contributed by atoms with Crippen LogP contribution in [0.15, 0.2) is 88.5 Å². The quantitative estimate of drug-likeness (QED) is 0.0355. The van der Waals surface area contributed by atoms with Gasteiger partial charge in [0.1, 0.15) is 6.04 Å². The summed E-state index contributed by atoms with van der Waals surface area (Å²) in [5.41, 5.74) is 6.77. The minimum atomic E-state index is -0.833. The van der Waals surface area contributed by atoms with Crippen molar-refractivity contribution < 1.29 is 95.2 Å². The minimum Gasteiger partial charge on any atom is -0.493 e. The second-order valence-corrected chi connectivity index (χ2v) is 27.2. The molecule has 106 heavy (non-hydrogen) atoms. The van der Waals surface area contributed by atoms with Crippen LogP contribution in [0.25, 0.3) is 5.57 Å². The lowest BCUT2D eigenvalue weighted by Gasteiger charge is -2.27. The summed E-state index contributed by atoms with van der Waals surface area (Å²) >= 11 is 0. The largest absolute Gasteiger partial charge is 0.493 e. The molecule has 2 aliphatic carbocycles. The number of Topliss-reactive ketones (excluding diaryl/α,β-unsaturated/α-hetero) is 2. The monoisotopic (exact) mass is 1470 g/mol. The fourth-order valence-corrected chi connectivity index (χ4v) is 12.8. The summed E-state index contributed by atoms with van der Waals surface area (Å²) in [5.74, 6) is 0.461. The van der Waals surface area contributed by atoms with Crippen LogP contribution < -0.4 is 34.9 Å². The second-order valence-electron chi connectivity index (χ2n) is 27.2. The highest BCUT2D eigenvalue weighted by molar-refractivity contribution is 6.13. The molecule has 4 heterocycles. The maximum absolute atomic E-state index is 13.9. The second kappa shape index (κ2) is 43.3. The molecule has 6 aliphatic rings. The molecule has 0 saturated heterocycles. The number of amides is 6. The maximum Gasteiger partial charge on any atom is 0.260 e. The lowest BCUT2D eigenvalue weighted by molar-refractivity contribution is -0.137. The van der Waals surface area contributed by atoms with E-state index in [1.165, 1.54) is 36.1 Å². The van der Waals surface area contributed by atoms with Crippen molar-refractivity contribution in [1.29, 1.82) is 0 Å². The number of ketones is 2. The van der Waals surface area contributed by atoms with E-state index in [1.807, 2.05) is 32.5 Å². The van der Waals surface area contributed by atoms with Crippen LogP contribution in [0.4, 0.5) is 11.4 Å². The van der Waals surface area contributed by atoms with Crippen LogP contribution in [0, 0.1) is 23.7 Å². The third-order valence-electron chi connectivity index (χ3n) is 18.8. The van der Waals surface area contributed by atoms with Gasteiger partial charge < -0.3 is 77.7 Å². The number of imide groups is 1. The summed E-state index contributed by atoms with van der Waals surface area (Å²) in [6, 6.07) is 13.8. The van der Waals surface area contributed by atoms with Crippen molar-refractivity contribution in [3.63, 3.8) is 0 Å². The van der Waals surface area contributed by atoms with Crippen molar-refractivity contribution in [3.05, 3.63) is 101 Å². The van der Waals surface area contributed by atoms with Crippen molar-refractivity contribution in [2.75, 3.05) is 146 Å². The molecule has 27 nitrogen and oxygen atoms in total. The van der Waals surface area contributed by atoms with Crippen molar-refractivity contribution in [2.24, 2.45) is 33.7 Å². The first-order valence-electron chi connectivity index (χ1n) is 37.2. The van der Waals surface area contributed by atoms with E-state index in [9.17, 15) is 38.4 Å². The lowest BCUT2D eigenvalue weighted by Crippen LogP contribution is -2.53. The van der Waals surface area contributed by atoms with Gasteiger partial charge >= 0.3 is 0 Å². The van der Waals surface area contributed by atoms with Gasteiger partial charge in [0.25, 0.3) is 17.7 Å². The Morgan fingerprint density at radius 1 is 0.566 bits per heavy atom. The topological polar surface area (TPSA) is 315 Å². The molecule has 3 N–H and O–H groups in total. The third kappa shape index (κ3) is 25.9. The maximum atomic E-state index is 13.9. The van der Waals surface area contributed by atoms with Gasteiger partial charge in [-0.2, -0.15) is 0 Å². The Morgan fingerprint density at radius 2 is 1.12 bits per heavy atom. The molecular weight excluding hydrogens is 1370 g/mol. The molecular formula is C79H105N7O20. The van der Waals surface area contributed by atoms with Gasteiger partial charge in [-0.1, -0.05) is 44.2 Å². The number of nitrogens with zero attached hydrogens (tertiary/aromatic N) is 4. The van der Waals surface area contributed by atoms with Gasteiger partial charge in [-0.05, 0) is 116 Å². The Labute approximate surface area is 620 Å². The average molecular weight is 1470 g/mol. The van der Waals surface area contributed by atoms with Gasteiger partial charge in [0.05, 0.1) is 162 Å². The molecule has 5 atom stereocenters. The number of hydrogen-bond acceptors (Lipinski definition) is 22. The van der Waals surface area contributed by atoms with Gasteiger partial charge in [0.15, 0.2) is 34.6 Å². The molecule has 3 aromatic carbocycles. The smallest absolute Gasteiger partial charge is 0.260 e. The Hall–Kier alpha value is -8.54. The van der Waals surface area contributed by atoms with Crippen LogP contribution in [0.3, 0.4) is 0 Å². The molecule has 3 aromatic rings. The molecule has 0 radical (unpaired) electrons. The highest BCUT2D eigenvalue weighted by Crippen LogP contribution is 2.45. The fourth-order valence-electron chi connectivity index (χ4n) is 12.8. The van der Waals surface area contributed by atoms with Crippen LogP contribution in [-0.2, 0) is 73.1 Å². The zero-order valence-electron chi connectivity index (χ0n) is 61.9. The Balaban J connectivity index is 0.573. The molecule has 2 bridgehead atoms. The van der Waals surface area contributed by atoms with Crippen LogP contribution in [0.5, 0.6) is 23.0 Å². The van der Waals surface area contributed by atoms with E-state index in [4.69, 9.17) is 66.8 Å². The summed E-state index contributed by atoms with van der Waals surface area (Å²) in [7, 11) is 3.11. The lowest BCUT2D eigenvalue weighted by atomic mass is 9.78. The van der Waals surface area contributed by atoms with E-state index in [-0.39, 0.29) is 98.7 Å². The fraction of sp³-hybridized carbons (Fsp3) is 0.570. The van der Waals surface area contributed by atoms with E-state index in [2.05, 4.69) is 46.3 Å². The Morgan fingerprint density at radius 3 is 1.70 bits per heavy atom. The van der Waals surface area contributed by atoms with Crippen molar-refractivity contribution in [3.8, 4) is 23.0 Å². The summed E-state index contributed by atoms with van der Waals surface area (Å²) in [6.45, 7) is 12.1. The standard InChI is InChI=1S/C79H105N7O20/c1-53(2)77(84-74(90)21-26-97-28-30-99-32-34-101-36-38-103-40-41-104-39-37-102-35-33-100-31-29-98-27-22-80-73(89)20-23-85-75(91)18-19-76(85)92)78(93)83-54(3)67(87)9-6-8-55-10-13-58(14-11-55)60-43-56-12-17-68(88)63-46-69(95-4)71(48-65(63)81-50-57(42-56)44-60)105-24-7-25-106-72-49-66-64(47-70(72)96-5)79(94)86-52-61(59-15-16-59)45-62(86)51-82-66/h10-11,13-14,18-19,43,46-54,56-57,59,62,77H,6-9,12,15-17,20-42,44-45H2,1-5H3,(H,80,89)(H,83,93)(H,84,90)/t54-,56?,57-,62-,77?/m0/s1. The molecule has 1 fully saturated rings. The predicted octanol–water partition coefficient (Wildman–Crippen LogP) is 8.06. The first-order valence-corrected chi connectivity index (χ1v) is 37.2. The molecule has 9 rings (SSSR count). The predicted molar refractivity (Wildman–Crippen MR) is 394 cm³/mol. The zero-order valence-corrected chi connectivity index (χ0v) is 61.9. The van der Waals surface area contributed by atoms with E-state index >= 15 is 0 Å². The van der Waals surface area contributed by atoms with Gasteiger partial charge in [-0.15, -0.1) is 0 Å². The number of ether oxygens (including phenoxy) is 12. The number of nitrogens with one attached hydrogen (secondary N) is 3. The van der Waals surface area contributed by atoms with E-state index in [0.717, 1.165) is 35.3 Å². The van der Waals surface area contributed by atoms with Crippen LogP contribution in [0.1, 0.15) is 130 Å². The van der Waals surface area contributed by atoms with Gasteiger partial charge in [-0.3, -0.25) is 53.2 Å². The molecule has 1 saturated carbocycles. The third-order valence-corrected chi connectivity index (χ3v) is 18.8. The summed E-state index contributed by atoms with van der Waals surface area (Å²) in [5, 5.41) is 8.31. The number of rotatable bonds is 49. The number of aliphatic imine (C=N–C) groups is 2. The minimum absolute atomic E-state index is 0.0136. The SMILES string of the molecule is COc1cc2c(cc1OCCCOc1cc3c(cc1OC)C(=O)N1C=C(C4CC4)C[C@H]1C=N3)N=C[C@@H]1CC(c3ccc(CCCC(=O)[C@H](C)NC(=O)C(NC(=O)CCOCCOCCOCCOCCOCCOCCOCCOCCNC(=O)CCN4C(=O)C=CC4=O)C(C)C)cc3)=CC(CCC2=O)C1. The van der Waals surface area contributed by atoms with E-state index in [0.29, 0.717) is 189 Å². The first kappa shape index (κ1) is 81.5. The number of benzene rings is 3. The molecule has 4 aliphatic heterocycles. The highest BCUT2D eigenvalue weighted by atomic mass is 16.6. The van der Waals surface area contributed by atoms with Crippen molar-refractivity contribution in [1.82, 2.24) is 25.8 Å². The average Bonchev–Trinajstić information content (AvgIpc) is 1.60. The van der Waals surface area contributed by atoms with Crippen molar-refractivity contribution >= 4 is 76.4 Å². The number of hydrogen-bond donors (Lipinski definition) is 3. The zero-order chi connectivity index (χ0) is 75.0. The van der Waals surface area contributed by atoms with Gasteiger partial charge in [0, 0.05) is 93.7 Å². The number of methoxy groups -OCH3 is 2. The molecule has 6 amide bonds. The Kier molecular flexibility index (Phi) is 33.3. The molecule has 0 spiro atoms. The van der Waals surface area contributed by atoms with Crippen LogP contribution >= 0.6 is 0 Å². The first-order chi connectivity index (χ1) is 51.5. The number of carbonyl (C=O) groups excluding carboxylic acids is 8. The number of carbonyl (C=O) groups is 8. The Bertz CT molecular complexity index is 3590. The van der Waals surface area contributed by atoms with Gasteiger partial charge in [-0.25, -0.2) is 0 Å². The highest BCUT2D eigenvalue weighted by Gasteiger charge is 2.38. The van der Waals surface area contributed by atoms with E-state index < -0.39 is 29.8 Å². The van der Waals surface area contributed by atoms with E-state index in [1.54, 1.807) is 50.3 Å². The summed E-state index contributed by atoms with van der Waals surface area (Å²) in [6.07, 6.45) is 18.5. The molecule has 0 aromatic heterocycles. The van der Waals surface area contributed by atoms with Crippen LogP contribution in [0.2, 0.25) is 0 Å². The summed E-state index contributed by atoms with van der Waals surface area (Å²) < 4.78 is 68.0. The van der Waals surface area contributed by atoms with Crippen molar-refractivity contribution in [2.45, 2.75) is 122 Å². The number of aryl methyl sites for hydroxylation is 1. The normalized spacial score (nSPS) is 18.0. The van der Waals surface area contributed by atoms with Crippen LogP contribution in [-0.4, -0.2) is 234 Å². The van der Waals surface area contributed by atoms with Gasteiger partial charge in [0.2, 0.25) is 17.7 Å². The summed E-state index contributed by atoms with van der Waals surface area (Å²) in [4.78, 5) is 115. The molecule has 27 heteroatoms. The molecule has 576 valence electrons. The molecule has 2 unspecified atom stereocenters. The number of fused-ring (bicyclic) bond motifs is 5.